The van der Waals surface area contributed by atoms with Gasteiger partial charge in [-0.3, -0.25) is 14.2 Å². The Kier molecular flexibility index (Phi) is 7.33. The molecule has 0 unspecified atom stereocenters. The molecule has 1 saturated heterocycles. The first-order chi connectivity index (χ1) is 14.0. The fourth-order valence-corrected chi connectivity index (χ4v) is 4.15. The van der Waals surface area contributed by atoms with Gasteiger partial charge < -0.3 is 14.7 Å². The summed E-state index contributed by atoms with van der Waals surface area (Å²) in [4.78, 5) is 31.8. The third kappa shape index (κ3) is 5.00. The number of aromatic hydroxyl groups is 1. The second kappa shape index (κ2) is 9.93. The normalized spacial score (nSPS) is 14.2. The van der Waals surface area contributed by atoms with Gasteiger partial charge in [-0.2, -0.15) is 4.98 Å². The zero-order valence-corrected chi connectivity index (χ0v) is 17.7. The van der Waals surface area contributed by atoms with Crippen molar-refractivity contribution in [2.45, 2.75) is 38.3 Å². The minimum Gasteiger partial charge on any atom is -0.493 e. The zero-order chi connectivity index (χ0) is 20.8. The van der Waals surface area contributed by atoms with E-state index in [1.54, 1.807) is 4.90 Å². The van der Waals surface area contributed by atoms with E-state index in [-0.39, 0.29) is 23.1 Å². The molecule has 1 amide bonds. The van der Waals surface area contributed by atoms with Gasteiger partial charge in [-0.25, -0.2) is 0 Å². The van der Waals surface area contributed by atoms with E-state index in [0.717, 1.165) is 18.4 Å². The highest BCUT2D eigenvalue weighted by Gasteiger charge is 2.21. The molecule has 0 aliphatic carbocycles. The lowest BCUT2D eigenvalue weighted by molar-refractivity contribution is -0.132. The van der Waals surface area contributed by atoms with Crippen molar-refractivity contribution in [1.29, 1.82) is 0 Å². The van der Waals surface area contributed by atoms with Gasteiger partial charge in [0.1, 0.15) is 0 Å². The highest BCUT2D eigenvalue weighted by molar-refractivity contribution is 7.99. The molecule has 7 nitrogen and oxygen atoms in total. The topological polar surface area (TPSA) is 84.7 Å². The second-order valence-corrected chi connectivity index (χ2v) is 7.95. The first-order valence-corrected chi connectivity index (χ1v) is 10.9. The molecule has 1 aliphatic heterocycles. The van der Waals surface area contributed by atoms with Gasteiger partial charge in [-0.05, 0) is 31.4 Å². The average Bonchev–Trinajstić information content (AvgIpc) is 2.73. The standard InChI is InChI=1S/C21H27N3O4S/c1-3-4-8-16-19(26)22-21(29-14-18(25)23-10-12-28-13-11-23)24(20(16)27)17-9-6-5-7-15(17)2/h5-7,9,26H,3-4,8,10-14H2,1-2H3. The molecule has 156 valence electrons. The summed E-state index contributed by atoms with van der Waals surface area (Å²) < 4.78 is 6.81. The molecule has 3 rings (SSSR count). The quantitative estimate of drug-likeness (QED) is 0.551. The van der Waals surface area contributed by atoms with E-state index >= 15 is 0 Å². The van der Waals surface area contributed by atoms with Crippen LogP contribution in [-0.2, 0) is 16.0 Å². The number of rotatable bonds is 7. The van der Waals surface area contributed by atoms with Crippen molar-refractivity contribution in [2.24, 2.45) is 0 Å². The van der Waals surface area contributed by atoms with Crippen molar-refractivity contribution in [2.75, 3.05) is 32.1 Å². The molecular weight excluding hydrogens is 390 g/mol. The number of ether oxygens (including phenoxy) is 1. The molecule has 0 atom stereocenters. The predicted molar refractivity (Wildman–Crippen MR) is 113 cm³/mol. The van der Waals surface area contributed by atoms with Gasteiger partial charge in [0, 0.05) is 13.1 Å². The largest absolute Gasteiger partial charge is 0.493 e. The third-order valence-corrected chi connectivity index (χ3v) is 5.87. The number of carbonyl (C=O) groups is 1. The Morgan fingerprint density at radius 3 is 2.69 bits per heavy atom. The number of thioether (sulfide) groups is 1. The fraction of sp³-hybridized carbons (Fsp3) is 0.476. The van der Waals surface area contributed by atoms with E-state index < -0.39 is 0 Å². The molecule has 29 heavy (non-hydrogen) atoms. The van der Waals surface area contributed by atoms with Crippen molar-refractivity contribution in [3.05, 3.63) is 45.7 Å². The lowest BCUT2D eigenvalue weighted by atomic mass is 10.1. The number of carbonyl (C=O) groups excluding carboxylic acids is 1. The first-order valence-electron chi connectivity index (χ1n) is 9.92. The van der Waals surface area contributed by atoms with Crippen LogP contribution < -0.4 is 5.56 Å². The van der Waals surface area contributed by atoms with Gasteiger partial charge in [0.15, 0.2) is 5.16 Å². The minimum absolute atomic E-state index is 0.0292. The molecule has 1 N–H and O–H groups in total. The van der Waals surface area contributed by atoms with Crippen LogP contribution >= 0.6 is 11.8 Å². The lowest BCUT2D eigenvalue weighted by Gasteiger charge is -2.26. The monoisotopic (exact) mass is 417 g/mol. The maximum atomic E-state index is 13.3. The highest BCUT2D eigenvalue weighted by Crippen LogP contribution is 2.25. The van der Waals surface area contributed by atoms with Crippen LogP contribution in [0.3, 0.4) is 0 Å². The Bertz CT molecular complexity index is 923. The third-order valence-electron chi connectivity index (χ3n) is 4.95. The fourth-order valence-electron chi connectivity index (χ4n) is 3.25. The van der Waals surface area contributed by atoms with Gasteiger partial charge >= 0.3 is 0 Å². The summed E-state index contributed by atoms with van der Waals surface area (Å²) in [6, 6.07) is 7.55. The van der Waals surface area contributed by atoms with Crippen LogP contribution in [0.25, 0.3) is 5.69 Å². The molecule has 1 aliphatic rings. The number of hydrogen-bond acceptors (Lipinski definition) is 6. The van der Waals surface area contributed by atoms with Crippen molar-refractivity contribution >= 4 is 17.7 Å². The van der Waals surface area contributed by atoms with E-state index in [1.165, 1.54) is 16.3 Å². The number of aromatic nitrogens is 2. The maximum Gasteiger partial charge on any atom is 0.265 e. The zero-order valence-electron chi connectivity index (χ0n) is 16.9. The molecule has 1 fully saturated rings. The molecule has 0 spiro atoms. The number of morpholine rings is 1. The molecule has 0 radical (unpaired) electrons. The Morgan fingerprint density at radius 2 is 2.00 bits per heavy atom. The maximum absolute atomic E-state index is 13.3. The molecule has 2 heterocycles. The minimum atomic E-state index is -0.276. The van der Waals surface area contributed by atoms with Crippen LogP contribution in [0.4, 0.5) is 0 Å². The summed E-state index contributed by atoms with van der Waals surface area (Å²) in [6.45, 7) is 6.17. The number of hydrogen-bond donors (Lipinski definition) is 1. The molecule has 0 bridgehead atoms. The van der Waals surface area contributed by atoms with Crippen LogP contribution in [0.2, 0.25) is 0 Å². The Hall–Kier alpha value is -2.32. The van der Waals surface area contributed by atoms with E-state index in [2.05, 4.69) is 4.98 Å². The summed E-state index contributed by atoms with van der Waals surface area (Å²) in [5, 5.41) is 10.7. The Morgan fingerprint density at radius 1 is 1.28 bits per heavy atom. The summed E-state index contributed by atoms with van der Waals surface area (Å²) in [5.41, 5.74) is 1.68. The molecule has 8 heteroatoms. The van der Waals surface area contributed by atoms with Crippen LogP contribution in [0.5, 0.6) is 5.88 Å². The highest BCUT2D eigenvalue weighted by atomic mass is 32.2. The predicted octanol–water partition coefficient (Wildman–Crippen LogP) is 2.54. The number of amides is 1. The number of benzene rings is 1. The van der Waals surface area contributed by atoms with E-state index in [4.69, 9.17) is 4.74 Å². The van der Waals surface area contributed by atoms with Crippen molar-refractivity contribution in [1.82, 2.24) is 14.5 Å². The number of nitrogens with zero attached hydrogens (tertiary/aromatic N) is 3. The summed E-state index contributed by atoms with van der Waals surface area (Å²) in [5.74, 6) is -0.125. The van der Waals surface area contributed by atoms with Crippen LogP contribution in [0.15, 0.2) is 34.2 Å². The van der Waals surface area contributed by atoms with Crippen molar-refractivity contribution < 1.29 is 14.6 Å². The van der Waals surface area contributed by atoms with Crippen LogP contribution in [0, 0.1) is 6.92 Å². The van der Waals surface area contributed by atoms with Gasteiger partial charge in [-0.1, -0.05) is 43.3 Å². The smallest absolute Gasteiger partial charge is 0.265 e. The number of unbranched alkanes of at least 4 members (excludes halogenated alkanes) is 1. The lowest BCUT2D eigenvalue weighted by Crippen LogP contribution is -2.41. The van der Waals surface area contributed by atoms with Gasteiger partial charge in [0.25, 0.3) is 5.56 Å². The number of aryl methyl sites for hydroxylation is 1. The molecular formula is C21H27N3O4S. The Balaban J connectivity index is 1.95. The molecule has 2 aromatic rings. The summed E-state index contributed by atoms with van der Waals surface area (Å²) in [6.07, 6.45) is 2.17. The van der Waals surface area contributed by atoms with Crippen LogP contribution in [-0.4, -0.2) is 57.5 Å². The van der Waals surface area contributed by atoms with E-state index in [0.29, 0.717) is 49.1 Å². The van der Waals surface area contributed by atoms with Crippen LogP contribution in [0.1, 0.15) is 30.9 Å². The van der Waals surface area contributed by atoms with Gasteiger partial charge in [-0.15, -0.1) is 0 Å². The molecule has 1 aromatic heterocycles. The average molecular weight is 418 g/mol. The molecule has 1 aromatic carbocycles. The summed E-state index contributed by atoms with van der Waals surface area (Å²) >= 11 is 1.17. The van der Waals surface area contributed by atoms with Gasteiger partial charge in [0.2, 0.25) is 11.8 Å². The Labute approximate surface area is 174 Å². The first kappa shape index (κ1) is 21.4. The van der Waals surface area contributed by atoms with Crippen molar-refractivity contribution in [3.8, 4) is 11.6 Å². The second-order valence-electron chi connectivity index (χ2n) is 7.01. The number of para-hydroxylation sites is 1. The molecule has 0 saturated carbocycles. The summed E-state index contributed by atoms with van der Waals surface area (Å²) in [7, 11) is 0. The van der Waals surface area contributed by atoms with E-state index in [9.17, 15) is 14.7 Å². The van der Waals surface area contributed by atoms with Gasteiger partial charge in [0.05, 0.1) is 30.2 Å². The van der Waals surface area contributed by atoms with Crippen molar-refractivity contribution in [3.63, 3.8) is 0 Å². The van der Waals surface area contributed by atoms with E-state index in [1.807, 2.05) is 38.1 Å². The SMILES string of the molecule is CCCCc1c(O)nc(SCC(=O)N2CCOCC2)n(-c2ccccc2C)c1=O.